The van der Waals surface area contributed by atoms with Gasteiger partial charge in [-0.2, -0.15) is 13.2 Å². The minimum absolute atomic E-state index is 0.00414. The third kappa shape index (κ3) is 8.03. The maximum atomic E-state index is 13.8. The first-order chi connectivity index (χ1) is 22.0. The van der Waals surface area contributed by atoms with Crippen molar-refractivity contribution in [2.45, 2.75) is 63.0 Å². The van der Waals surface area contributed by atoms with Gasteiger partial charge in [0.25, 0.3) is 5.91 Å². The van der Waals surface area contributed by atoms with E-state index in [-0.39, 0.29) is 41.7 Å². The Labute approximate surface area is 268 Å². The first-order valence-electron chi connectivity index (χ1n) is 15.1. The molecule has 8 nitrogen and oxygen atoms in total. The fraction of sp³-hybridized carbons (Fsp3) is 0.353. The molecule has 242 valence electrons. The lowest BCUT2D eigenvalue weighted by molar-refractivity contribution is -0.138. The van der Waals surface area contributed by atoms with Crippen LogP contribution in [0.4, 0.5) is 18.3 Å². The number of hydrogen-bond acceptors (Lipinski definition) is 6. The lowest BCUT2D eigenvalue weighted by Crippen LogP contribution is -2.26. The molecule has 1 saturated carbocycles. The topological polar surface area (TPSA) is 118 Å². The number of ether oxygens (including phenoxy) is 1. The summed E-state index contributed by atoms with van der Waals surface area (Å²) in [5.74, 6) is -1.96. The monoisotopic (exact) mass is 653 g/mol. The Morgan fingerprint density at radius 2 is 1.72 bits per heavy atom. The highest BCUT2D eigenvalue weighted by Gasteiger charge is 2.32. The number of fused-ring (bicyclic) bond motifs is 1. The fourth-order valence-electron chi connectivity index (χ4n) is 5.77. The molecule has 3 aromatic carbocycles. The van der Waals surface area contributed by atoms with E-state index in [0.29, 0.717) is 16.2 Å². The van der Waals surface area contributed by atoms with Gasteiger partial charge in [0.1, 0.15) is 5.75 Å². The quantitative estimate of drug-likeness (QED) is 0.154. The van der Waals surface area contributed by atoms with Crippen LogP contribution < -0.4 is 15.4 Å². The molecule has 1 aliphatic rings. The van der Waals surface area contributed by atoms with Gasteiger partial charge in [-0.15, -0.1) is 0 Å². The number of methoxy groups -OCH3 is 1. The van der Waals surface area contributed by atoms with Crippen molar-refractivity contribution in [1.29, 1.82) is 0 Å². The smallest absolute Gasteiger partial charge is 0.416 e. The summed E-state index contributed by atoms with van der Waals surface area (Å²) in [4.78, 5) is 41.3. The molecule has 0 bridgehead atoms. The van der Waals surface area contributed by atoms with Gasteiger partial charge in [0.05, 0.1) is 35.2 Å². The van der Waals surface area contributed by atoms with Crippen LogP contribution in [0.5, 0.6) is 5.75 Å². The molecule has 0 radical (unpaired) electrons. The number of carbonyl (C=O) groups is 3. The highest BCUT2D eigenvalue weighted by atomic mass is 32.1. The zero-order valence-electron chi connectivity index (χ0n) is 25.2. The summed E-state index contributed by atoms with van der Waals surface area (Å²) in [5.41, 5.74) is 2.31. The molecule has 1 heterocycles. The second-order valence-electron chi connectivity index (χ2n) is 11.4. The Balaban J connectivity index is 1.39. The van der Waals surface area contributed by atoms with Gasteiger partial charge in [-0.05, 0) is 66.1 Å². The Hall–Kier alpha value is -4.45. The van der Waals surface area contributed by atoms with E-state index in [1.54, 1.807) is 24.3 Å². The SMILES string of the molecule is COc1cc(C(F)(F)F)cc2nc(NC(=O)C(Cc3ccc(C(=O)NCCC(=O)O)cc3)c3ccc(C4CCCCC4)cc3)sc12. The van der Waals surface area contributed by atoms with Gasteiger partial charge >= 0.3 is 12.1 Å². The maximum Gasteiger partial charge on any atom is 0.416 e. The molecule has 0 aliphatic heterocycles. The minimum atomic E-state index is -4.59. The molecular formula is C34H34F3N3O5S. The number of carboxylic acid groups (broad SMARTS) is 1. The number of carbonyl (C=O) groups excluding carboxylic acids is 2. The molecule has 1 unspecified atom stereocenters. The molecule has 2 amide bonds. The number of thiazole rings is 1. The number of aliphatic carboxylic acids is 1. The molecule has 5 rings (SSSR count). The van der Waals surface area contributed by atoms with Crippen LogP contribution in [-0.4, -0.2) is 41.5 Å². The molecule has 12 heteroatoms. The lowest BCUT2D eigenvalue weighted by atomic mass is 9.83. The highest BCUT2D eigenvalue weighted by Crippen LogP contribution is 2.40. The second kappa shape index (κ2) is 14.3. The standard InChI is InChI=1S/C34H34F3N3O5S/c1-45-28-19-25(34(35,36)37)18-27-30(28)46-33(39-27)40-32(44)26(23-13-11-22(12-14-23)21-5-3-2-4-6-21)17-20-7-9-24(10-8-20)31(43)38-16-15-29(41)42/h7-14,18-19,21,26H,2-6,15-17H2,1H3,(H,38,43)(H,41,42)(H,39,40,44). The van der Waals surface area contributed by atoms with E-state index in [2.05, 4.69) is 27.8 Å². The first kappa shape index (κ1) is 32.9. The zero-order valence-corrected chi connectivity index (χ0v) is 26.0. The van der Waals surface area contributed by atoms with Crippen molar-refractivity contribution in [3.63, 3.8) is 0 Å². The molecule has 1 fully saturated rings. The average Bonchev–Trinajstić information content (AvgIpc) is 3.45. The van der Waals surface area contributed by atoms with Crippen LogP contribution >= 0.6 is 11.3 Å². The Kier molecular flexibility index (Phi) is 10.3. The van der Waals surface area contributed by atoms with Crippen molar-refractivity contribution in [3.8, 4) is 5.75 Å². The summed E-state index contributed by atoms with van der Waals surface area (Å²) in [6.45, 7) is 0.00414. The number of nitrogens with one attached hydrogen (secondary N) is 2. The van der Waals surface area contributed by atoms with E-state index in [9.17, 15) is 27.6 Å². The Bertz CT molecular complexity index is 1700. The number of rotatable bonds is 11. The van der Waals surface area contributed by atoms with Gasteiger partial charge in [0, 0.05) is 12.1 Å². The van der Waals surface area contributed by atoms with Gasteiger partial charge in [-0.1, -0.05) is 67.0 Å². The number of carboxylic acids is 1. The van der Waals surface area contributed by atoms with Gasteiger partial charge in [0.2, 0.25) is 5.91 Å². The van der Waals surface area contributed by atoms with Gasteiger partial charge in [-0.3, -0.25) is 14.4 Å². The molecule has 4 aromatic rings. The molecule has 3 N–H and O–H groups in total. The van der Waals surface area contributed by atoms with Crippen molar-refractivity contribution < 1.29 is 37.4 Å². The van der Waals surface area contributed by atoms with Crippen LogP contribution in [0, 0.1) is 0 Å². The van der Waals surface area contributed by atoms with E-state index < -0.39 is 29.5 Å². The van der Waals surface area contributed by atoms with Crippen molar-refractivity contribution in [2.24, 2.45) is 0 Å². The average molecular weight is 654 g/mol. The molecular weight excluding hydrogens is 619 g/mol. The second-order valence-corrected chi connectivity index (χ2v) is 12.4. The minimum Gasteiger partial charge on any atom is -0.495 e. The number of halogens is 3. The number of anilines is 1. The van der Waals surface area contributed by atoms with E-state index >= 15 is 0 Å². The van der Waals surface area contributed by atoms with E-state index in [4.69, 9.17) is 9.84 Å². The number of amides is 2. The summed E-state index contributed by atoms with van der Waals surface area (Å²) in [7, 11) is 1.28. The molecule has 46 heavy (non-hydrogen) atoms. The number of aromatic nitrogens is 1. The molecule has 1 atom stereocenters. The van der Waals surface area contributed by atoms with Crippen LogP contribution in [0.15, 0.2) is 60.7 Å². The van der Waals surface area contributed by atoms with Crippen molar-refractivity contribution in [2.75, 3.05) is 19.0 Å². The zero-order chi connectivity index (χ0) is 32.8. The van der Waals surface area contributed by atoms with Crippen LogP contribution in [0.25, 0.3) is 10.2 Å². The summed E-state index contributed by atoms with van der Waals surface area (Å²) in [6.07, 6.45) is 1.41. The molecule has 0 spiro atoms. The largest absolute Gasteiger partial charge is 0.495 e. The number of hydrogen-bond donors (Lipinski definition) is 3. The van der Waals surface area contributed by atoms with Crippen LogP contribution in [0.2, 0.25) is 0 Å². The third-order valence-corrected chi connectivity index (χ3v) is 9.25. The van der Waals surface area contributed by atoms with E-state index in [0.717, 1.165) is 47.4 Å². The van der Waals surface area contributed by atoms with Gasteiger partial charge < -0.3 is 20.5 Å². The molecule has 0 saturated heterocycles. The number of benzene rings is 3. The lowest BCUT2D eigenvalue weighted by Gasteiger charge is -2.23. The van der Waals surface area contributed by atoms with Crippen molar-refractivity contribution in [1.82, 2.24) is 10.3 Å². The predicted molar refractivity (Wildman–Crippen MR) is 170 cm³/mol. The summed E-state index contributed by atoms with van der Waals surface area (Å²) in [6, 6.07) is 16.6. The van der Waals surface area contributed by atoms with Crippen LogP contribution in [0.3, 0.4) is 0 Å². The van der Waals surface area contributed by atoms with Crippen molar-refractivity contribution in [3.05, 3.63) is 88.5 Å². The number of nitrogens with zero attached hydrogens (tertiary/aromatic N) is 1. The van der Waals surface area contributed by atoms with Gasteiger partial charge in [-0.25, -0.2) is 4.98 Å². The Morgan fingerprint density at radius 1 is 1.02 bits per heavy atom. The summed E-state index contributed by atoms with van der Waals surface area (Å²) < 4.78 is 46.0. The van der Waals surface area contributed by atoms with Crippen molar-refractivity contribution >= 4 is 44.5 Å². The summed E-state index contributed by atoms with van der Waals surface area (Å²) in [5, 5.41) is 14.3. The summed E-state index contributed by atoms with van der Waals surface area (Å²) >= 11 is 1.03. The first-order valence-corrected chi connectivity index (χ1v) is 15.9. The molecule has 1 aromatic heterocycles. The Morgan fingerprint density at radius 3 is 2.35 bits per heavy atom. The van der Waals surface area contributed by atoms with E-state index in [1.165, 1.54) is 31.9 Å². The predicted octanol–water partition coefficient (Wildman–Crippen LogP) is 7.54. The van der Waals surface area contributed by atoms with E-state index in [1.807, 2.05) is 12.1 Å². The highest BCUT2D eigenvalue weighted by molar-refractivity contribution is 7.22. The fourth-order valence-corrected chi connectivity index (χ4v) is 6.72. The maximum absolute atomic E-state index is 13.8. The normalized spacial score (nSPS) is 14.5. The van der Waals surface area contributed by atoms with Crippen LogP contribution in [-0.2, 0) is 22.2 Å². The number of alkyl halides is 3. The molecule has 1 aliphatic carbocycles. The third-order valence-electron chi connectivity index (χ3n) is 8.25. The van der Waals surface area contributed by atoms with Crippen LogP contribution in [0.1, 0.15) is 83.0 Å². The van der Waals surface area contributed by atoms with Gasteiger partial charge in [0.15, 0.2) is 5.13 Å².